The average Bonchev–Trinajstić information content (AvgIpc) is 2.99. The lowest BCUT2D eigenvalue weighted by Crippen LogP contribution is -2.36. The second-order valence-corrected chi connectivity index (χ2v) is 6.18. The van der Waals surface area contributed by atoms with Gasteiger partial charge in [-0.05, 0) is 30.6 Å². The van der Waals surface area contributed by atoms with E-state index in [4.69, 9.17) is 5.73 Å². The first-order valence-electron chi connectivity index (χ1n) is 6.26. The van der Waals surface area contributed by atoms with Gasteiger partial charge in [-0.1, -0.05) is 12.1 Å². The van der Waals surface area contributed by atoms with E-state index in [2.05, 4.69) is 10.3 Å². The molecule has 3 N–H and O–H groups in total. The third kappa shape index (κ3) is 5.32. The van der Waals surface area contributed by atoms with Crippen LogP contribution in [0.15, 0.2) is 35.8 Å². The highest BCUT2D eigenvalue weighted by Crippen LogP contribution is 2.24. The fraction of sp³-hybridized carbons (Fsp3) is 0.286. The van der Waals surface area contributed by atoms with E-state index in [-0.39, 0.29) is 18.3 Å². The molecule has 0 spiro atoms. The van der Waals surface area contributed by atoms with Crippen molar-refractivity contribution in [1.82, 2.24) is 4.98 Å². The highest BCUT2D eigenvalue weighted by Gasteiger charge is 2.13. The molecule has 4 nitrogen and oxygen atoms in total. The minimum Gasteiger partial charge on any atom is -0.325 e. The van der Waals surface area contributed by atoms with Gasteiger partial charge in [0.25, 0.3) is 0 Å². The van der Waals surface area contributed by atoms with Crippen LogP contribution in [-0.4, -0.2) is 28.9 Å². The number of rotatable bonds is 6. The largest absolute Gasteiger partial charge is 0.325 e. The van der Waals surface area contributed by atoms with Gasteiger partial charge in [0, 0.05) is 22.8 Å². The summed E-state index contributed by atoms with van der Waals surface area (Å²) in [6.45, 7) is 0. The first-order valence-corrected chi connectivity index (χ1v) is 8.53. The maximum Gasteiger partial charge on any atom is 0.241 e. The molecule has 114 valence electrons. The summed E-state index contributed by atoms with van der Waals surface area (Å²) in [4.78, 5) is 16.2. The fourth-order valence-corrected chi connectivity index (χ4v) is 2.83. The Morgan fingerprint density at radius 1 is 1.52 bits per heavy atom. The van der Waals surface area contributed by atoms with Crippen LogP contribution in [0.1, 0.15) is 6.42 Å². The molecule has 7 heteroatoms. The van der Waals surface area contributed by atoms with Crippen molar-refractivity contribution >= 4 is 47.1 Å². The zero-order valence-electron chi connectivity index (χ0n) is 11.6. The van der Waals surface area contributed by atoms with Gasteiger partial charge in [0.15, 0.2) is 0 Å². The number of thiazole rings is 1. The molecule has 1 aromatic carbocycles. The monoisotopic (exact) mass is 343 g/mol. The highest BCUT2D eigenvalue weighted by molar-refractivity contribution is 7.98. The second-order valence-electron chi connectivity index (χ2n) is 4.30. The maximum absolute atomic E-state index is 12.0. The van der Waals surface area contributed by atoms with Crippen LogP contribution < -0.4 is 11.1 Å². The Morgan fingerprint density at radius 3 is 3.00 bits per heavy atom. The topological polar surface area (TPSA) is 68.0 Å². The van der Waals surface area contributed by atoms with E-state index >= 15 is 0 Å². The van der Waals surface area contributed by atoms with Crippen molar-refractivity contribution in [2.75, 3.05) is 17.3 Å². The molecular formula is C14H18ClN3OS2. The molecular weight excluding hydrogens is 326 g/mol. The van der Waals surface area contributed by atoms with Gasteiger partial charge in [0.1, 0.15) is 5.01 Å². The minimum atomic E-state index is -0.467. The van der Waals surface area contributed by atoms with Crippen molar-refractivity contribution in [2.45, 2.75) is 12.5 Å². The lowest BCUT2D eigenvalue weighted by molar-refractivity contribution is -0.117. The second kappa shape index (κ2) is 9.04. The Labute approximate surface area is 139 Å². The number of anilines is 1. The lowest BCUT2D eigenvalue weighted by Gasteiger charge is -2.12. The summed E-state index contributed by atoms with van der Waals surface area (Å²) in [6.07, 6.45) is 4.45. The molecule has 1 heterocycles. The molecule has 0 fully saturated rings. The first-order chi connectivity index (χ1) is 9.70. The lowest BCUT2D eigenvalue weighted by atomic mass is 10.2. The number of halogens is 1. The molecule has 21 heavy (non-hydrogen) atoms. The van der Waals surface area contributed by atoms with Crippen LogP contribution in [0.4, 0.5) is 5.69 Å². The zero-order chi connectivity index (χ0) is 14.4. The van der Waals surface area contributed by atoms with Crippen LogP contribution in [0, 0.1) is 0 Å². The normalized spacial score (nSPS) is 11.5. The molecule has 1 aromatic heterocycles. The Hall–Kier alpha value is -1.08. The number of amides is 1. The number of carbonyl (C=O) groups excluding carboxylic acids is 1. The highest BCUT2D eigenvalue weighted by atomic mass is 35.5. The van der Waals surface area contributed by atoms with E-state index in [1.807, 2.05) is 35.9 Å². The van der Waals surface area contributed by atoms with Crippen LogP contribution >= 0.6 is 35.5 Å². The van der Waals surface area contributed by atoms with Crippen molar-refractivity contribution in [3.8, 4) is 10.6 Å². The van der Waals surface area contributed by atoms with Gasteiger partial charge in [0.2, 0.25) is 5.91 Å². The van der Waals surface area contributed by atoms with Crippen molar-refractivity contribution < 1.29 is 4.79 Å². The van der Waals surface area contributed by atoms with E-state index in [1.54, 1.807) is 29.3 Å². The average molecular weight is 344 g/mol. The van der Waals surface area contributed by atoms with Gasteiger partial charge in [-0.2, -0.15) is 11.8 Å². The molecule has 0 radical (unpaired) electrons. The molecule has 0 aliphatic carbocycles. The number of hydrogen-bond donors (Lipinski definition) is 2. The van der Waals surface area contributed by atoms with Crippen LogP contribution in [0.2, 0.25) is 0 Å². The molecule has 0 bridgehead atoms. The number of nitrogens with one attached hydrogen (secondary N) is 1. The van der Waals surface area contributed by atoms with E-state index in [1.165, 1.54) is 0 Å². The van der Waals surface area contributed by atoms with E-state index < -0.39 is 6.04 Å². The van der Waals surface area contributed by atoms with Gasteiger partial charge in [-0.15, -0.1) is 23.7 Å². The van der Waals surface area contributed by atoms with Gasteiger partial charge < -0.3 is 11.1 Å². The molecule has 0 saturated heterocycles. The number of nitrogens with zero attached hydrogens (tertiary/aromatic N) is 1. The summed E-state index contributed by atoms with van der Waals surface area (Å²) in [5.41, 5.74) is 7.60. The van der Waals surface area contributed by atoms with Crippen LogP contribution in [0.3, 0.4) is 0 Å². The third-order valence-electron chi connectivity index (χ3n) is 2.78. The number of benzene rings is 1. The first kappa shape index (κ1) is 18.0. The summed E-state index contributed by atoms with van der Waals surface area (Å²) in [7, 11) is 0. The van der Waals surface area contributed by atoms with Gasteiger partial charge >= 0.3 is 0 Å². The maximum atomic E-state index is 12.0. The minimum absolute atomic E-state index is 0. The number of nitrogens with two attached hydrogens (primary N) is 1. The van der Waals surface area contributed by atoms with Gasteiger partial charge in [0.05, 0.1) is 6.04 Å². The Kier molecular flexibility index (Phi) is 7.74. The van der Waals surface area contributed by atoms with Crippen LogP contribution in [0.5, 0.6) is 0 Å². The number of aromatic nitrogens is 1. The van der Waals surface area contributed by atoms with Crippen molar-refractivity contribution in [2.24, 2.45) is 5.73 Å². The molecule has 2 aromatic rings. The van der Waals surface area contributed by atoms with E-state index in [9.17, 15) is 4.79 Å². The van der Waals surface area contributed by atoms with Crippen LogP contribution in [-0.2, 0) is 4.79 Å². The number of thioether (sulfide) groups is 1. The zero-order valence-corrected chi connectivity index (χ0v) is 14.1. The summed E-state index contributed by atoms with van der Waals surface area (Å²) in [6, 6.07) is 7.18. The SMILES string of the molecule is CSCC[C@H](N)C(=O)Nc1cccc(-c2nccs2)c1.Cl. The Morgan fingerprint density at radius 2 is 2.33 bits per heavy atom. The number of carbonyl (C=O) groups is 1. The van der Waals surface area contributed by atoms with Crippen LogP contribution in [0.25, 0.3) is 10.6 Å². The summed E-state index contributed by atoms with van der Waals surface area (Å²) >= 11 is 3.26. The molecule has 1 atom stereocenters. The molecule has 0 saturated carbocycles. The van der Waals surface area contributed by atoms with Gasteiger partial charge in [-0.3, -0.25) is 4.79 Å². The summed E-state index contributed by atoms with van der Waals surface area (Å²) < 4.78 is 0. The third-order valence-corrected chi connectivity index (χ3v) is 4.25. The Balaban J connectivity index is 0.00000220. The molecule has 0 aliphatic rings. The van der Waals surface area contributed by atoms with Crippen molar-refractivity contribution in [1.29, 1.82) is 0 Å². The van der Waals surface area contributed by atoms with Crippen molar-refractivity contribution in [3.63, 3.8) is 0 Å². The standard InChI is InChI=1S/C14H17N3OS2.ClH/c1-19-7-5-12(15)13(18)17-11-4-2-3-10(9-11)14-16-6-8-20-14;/h2-4,6,8-9,12H,5,7,15H2,1H3,(H,17,18);1H/t12-;/m0./s1. The summed E-state index contributed by atoms with van der Waals surface area (Å²) in [5.74, 6) is 0.739. The summed E-state index contributed by atoms with van der Waals surface area (Å²) in [5, 5.41) is 5.72. The molecule has 1 amide bonds. The quantitative estimate of drug-likeness (QED) is 0.844. The predicted molar refractivity (Wildman–Crippen MR) is 94.4 cm³/mol. The molecule has 0 aliphatic heterocycles. The molecule has 2 rings (SSSR count). The Bertz CT molecular complexity index is 563. The number of hydrogen-bond acceptors (Lipinski definition) is 5. The van der Waals surface area contributed by atoms with E-state index in [0.717, 1.165) is 22.0 Å². The fourth-order valence-electron chi connectivity index (χ4n) is 1.71. The van der Waals surface area contributed by atoms with E-state index in [0.29, 0.717) is 6.42 Å². The predicted octanol–water partition coefficient (Wildman–Crippen LogP) is 3.25. The smallest absolute Gasteiger partial charge is 0.241 e. The molecule has 0 unspecified atom stereocenters. The van der Waals surface area contributed by atoms with Crippen molar-refractivity contribution in [3.05, 3.63) is 35.8 Å². The van der Waals surface area contributed by atoms with Gasteiger partial charge in [-0.25, -0.2) is 4.98 Å².